The van der Waals surface area contributed by atoms with Crippen molar-refractivity contribution in [3.05, 3.63) is 48.0 Å². The van der Waals surface area contributed by atoms with Crippen LogP contribution in [0, 0.1) is 0 Å². The van der Waals surface area contributed by atoms with Gasteiger partial charge in [-0.25, -0.2) is 0 Å². The molecule has 0 bridgehead atoms. The highest BCUT2D eigenvalue weighted by molar-refractivity contribution is 5.91. The molecule has 2 aromatic rings. The Kier molecular flexibility index (Phi) is 4.30. The largest absolute Gasteiger partial charge is 0.347 e. The molecule has 0 saturated carbocycles. The smallest absolute Gasteiger partial charge is 0.245 e. The van der Waals surface area contributed by atoms with Crippen molar-refractivity contribution in [2.75, 3.05) is 19.6 Å². The first-order valence-electron chi connectivity index (χ1n) is 10.4. The van der Waals surface area contributed by atoms with Gasteiger partial charge < -0.3 is 15.1 Å². The predicted octanol–water partition coefficient (Wildman–Crippen LogP) is 1.86. The van der Waals surface area contributed by atoms with Crippen LogP contribution in [-0.4, -0.2) is 58.7 Å². The third-order valence-electron chi connectivity index (χ3n) is 6.56. The van der Waals surface area contributed by atoms with E-state index in [0.717, 1.165) is 35.6 Å². The average molecular weight is 391 g/mol. The van der Waals surface area contributed by atoms with E-state index in [1.54, 1.807) is 9.80 Å². The number of hydrogen-bond donors (Lipinski definition) is 1. The van der Waals surface area contributed by atoms with Crippen LogP contribution in [0.1, 0.15) is 31.2 Å². The van der Waals surface area contributed by atoms with E-state index in [2.05, 4.69) is 17.4 Å². The Labute approximate surface area is 169 Å². The number of fused-ring (bicyclic) bond motifs is 1. The quantitative estimate of drug-likeness (QED) is 0.868. The van der Waals surface area contributed by atoms with Gasteiger partial charge in [0, 0.05) is 26.1 Å². The third-order valence-corrected chi connectivity index (χ3v) is 6.56. The lowest BCUT2D eigenvalue weighted by atomic mass is 9.87. The summed E-state index contributed by atoms with van der Waals surface area (Å²) in [5.74, 6) is 0.117. The molecule has 0 aliphatic carbocycles. The highest BCUT2D eigenvalue weighted by Gasteiger charge is 2.51. The Hall–Kier alpha value is -2.89. The molecule has 1 N–H and O–H groups in total. The van der Waals surface area contributed by atoms with E-state index in [1.807, 2.05) is 30.3 Å². The zero-order valence-electron chi connectivity index (χ0n) is 16.4. The fourth-order valence-electron chi connectivity index (χ4n) is 5.01. The molecule has 2 aromatic carbocycles. The van der Waals surface area contributed by atoms with Gasteiger partial charge in [-0.2, -0.15) is 0 Å². The van der Waals surface area contributed by atoms with Gasteiger partial charge >= 0.3 is 0 Å². The second-order valence-corrected chi connectivity index (χ2v) is 8.63. The molecule has 6 nitrogen and oxygen atoms in total. The molecular weight excluding hydrogens is 366 g/mol. The van der Waals surface area contributed by atoms with Crippen LogP contribution in [0.25, 0.3) is 10.8 Å². The number of rotatable bonds is 3. The van der Waals surface area contributed by atoms with E-state index >= 15 is 0 Å². The van der Waals surface area contributed by atoms with Gasteiger partial charge in [-0.05, 0) is 35.6 Å². The van der Waals surface area contributed by atoms with E-state index in [4.69, 9.17) is 0 Å². The first-order valence-corrected chi connectivity index (χ1v) is 10.4. The number of likely N-dealkylation sites (tertiary alicyclic amines) is 2. The second-order valence-electron chi connectivity index (χ2n) is 8.63. The van der Waals surface area contributed by atoms with E-state index in [1.165, 1.54) is 0 Å². The van der Waals surface area contributed by atoms with Crippen molar-refractivity contribution in [3.8, 4) is 0 Å². The molecule has 0 radical (unpaired) electrons. The zero-order valence-corrected chi connectivity index (χ0v) is 16.4. The summed E-state index contributed by atoms with van der Waals surface area (Å²) < 4.78 is 0. The summed E-state index contributed by atoms with van der Waals surface area (Å²) in [5, 5.41) is 5.29. The van der Waals surface area contributed by atoms with Gasteiger partial charge in [0.2, 0.25) is 17.7 Å². The number of amides is 3. The summed E-state index contributed by atoms with van der Waals surface area (Å²) in [5.41, 5.74) is 0.758. The van der Waals surface area contributed by atoms with Crippen LogP contribution in [0.2, 0.25) is 0 Å². The molecule has 3 heterocycles. The van der Waals surface area contributed by atoms with E-state index in [-0.39, 0.29) is 29.3 Å². The van der Waals surface area contributed by atoms with Crippen LogP contribution in [0.5, 0.6) is 0 Å². The normalized spacial score (nSPS) is 22.8. The molecule has 150 valence electrons. The molecule has 0 aromatic heterocycles. The second kappa shape index (κ2) is 6.87. The first kappa shape index (κ1) is 18.2. The average Bonchev–Trinajstić information content (AvgIpc) is 3.33. The minimum Gasteiger partial charge on any atom is -0.347 e. The Morgan fingerprint density at radius 2 is 1.90 bits per heavy atom. The van der Waals surface area contributed by atoms with E-state index in [9.17, 15) is 14.4 Å². The van der Waals surface area contributed by atoms with E-state index < -0.39 is 0 Å². The lowest BCUT2D eigenvalue weighted by molar-refractivity contribution is -0.149. The summed E-state index contributed by atoms with van der Waals surface area (Å²) >= 11 is 0. The van der Waals surface area contributed by atoms with Crippen molar-refractivity contribution < 1.29 is 14.4 Å². The lowest BCUT2D eigenvalue weighted by Gasteiger charge is -2.49. The maximum atomic E-state index is 13.0. The Morgan fingerprint density at radius 3 is 2.66 bits per heavy atom. The highest BCUT2D eigenvalue weighted by atomic mass is 16.2. The van der Waals surface area contributed by atoms with Gasteiger partial charge in [0.05, 0.1) is 12.0 Å². The van der Waals surface area contributed by atoms with Gasteiger partial charge in [-0.3, -0.25) is 14.4 Å². The number of carbonyl (C=O) groups excluding carboxylic acids is 3. The minimum absolute atomic E-state index is 0.0144. The van der Waals surface area contributed by atoms with Crippen molar-refractivity contribution in [1.29, 1.82) is 0 Å². The highest BCUT2D eigenvalue weighted by Crippen LogP contribution is 2.32. The molecule has 6 heteroatoms. The van der Waals surface area contributed by atoms with Gasteiger partial charge in [0.1, 0.15) is 6.04 Å². The van der Waals surface area contributed by atoms with Crippen molar-refractivity contribution in [2.24, 2.45) is 0 Å². The topological polar surface area (TPSA) is 69.7 Å². The summed E-state index contributed by atoms with van der Waals surface area (Å²) in [7, 11) is 0. The predicted molar refractivity (Wildman–Crippen MR) is 109 cm³/mol. The first-order chi connectivity index (χ1) is 14.0. The van der Waals surface area contributed by atoms with Crippen molar-refractivity contribution >= 4 is 28.5 Å². The van der Waals surface area contributed by atoms with Crippen LogP contribution >= 0.6 is 0 Å². The van der Waals surface area contributed by atoms with Crippen LogP contribution in [-0.2, 0) is 20.8 Å². The van der Waals surface area contributed by atoms with Crippen LogP contribution in [0.3, 0.4) is 0 Å². The summed E-state index contributed by atoms with van der Waals surface area (Å²) in [6.45, 7) is 1.78. The van der Waals surface area contributed by atoms with Gasteiger partial charge in [-0.15, -0.1) is 0 Å². The maximum Gasteiger partial charge on any atom is 0.245 e. The van der Waals surface area contributed by atoms with Crippen LogP contribution in [0.15, 0.2) is 42.5 Å². The number of benzene rings is 2. The zero-order chi connectivity index (χ0) is 20.0. The van der Waals surface area contributed by atoms with Crippen molar-refractivity contribution in [1.82, 2.24) is 15.1 Å². The molecule has 5 rings (SSSR count). The van der Waals surface area contributed by atoms with Gasteiger partial charge in [0.25, 0.3) is 0 Å². The number of nitrogens with zero attached hydrogens (tertiary/aromatic N) is 2. The SMILES string of the molecule is O=C1CCC2(CN(C(=O)C3CCCN3C(=O)Cc3ccc4ccccc4c3)C2)N1. The standard InChI is InChI=1S/C23H25N3O3/c27-20-9-10-23(24-20)14-25(15-23)22(29)19-6-3-11-26(19)21(28)13-16-7-8-17-4-1-2-5-18(17)12-16/h1-2,4-5,7-8,12,19H,3,6,9-11,13-15H2,(H,24,27). The van der Waals surface area contributed by atoms with Crippen molar-refractivity contribution in [2.45, 2.75) is 43.7 Å². The fraction of sp³-hybridized carbons (Fsp3) is 0.435. The molecular formula is C23H25N3O3. The maximum absolute atomic E-state index is 13.0. The Morgan fingerprint density at radius 1 is 1.10 bits per heavy atom. The number of carbonyl (C=O) groups is 3. The van der Waals surface area contributed by atoms with Crippen LogP contribution in [0.4, 0.5) is 0 Å². The molecule has 1 unspecified atom stereocenters. The van der Waals surface area contributed by atoms with Crippen molar-refractivity contribution in [3.63, 3.8) is 0 Å². The van der Waals surface area contributed by atoms with Gasteiger partial charge in [-0.1, -0.05) is 42.5 Å². The monoisotopic (exact) mass is 391 g/mol. The van der Waals surface area contributed by atoms with Gasteiger partial charge in [0.15, 0.2) is 0 Å². The molecule has 1 spiro atoms. The lowest BCUT2D eigenvalue weighted by Crippen LogP contribution is -2.70. The Balaban J connectivity index is 1.24. The molecule has 3 aliphatic rings. The summed E-state index contributed by atoms with van der Waals surface area (Å²) in [4.78, 5) is 41.1. The fourth-order valence-corrected chi connectivity index (χ4v) is 5.01. The molecule has 3 saturated heterocycles. The molecule has 29 heavy (non-hydrogen) atoms. The number of nitrogens with one attached hydrogen (secondary N) is 1. The summed E-state index contributed by atoms with van der Waals surface area (Å²) in [6.07, 6.45) is 3.23. The van der Waals surface area contributed by atoms with Crippen LogP contribution < -0.4 is 5.32 Å². The Bertz CT molecular complexity index is 996. The summed E-state index contributed by atoms with van der Waals surface area (Å²) in [6, 6.07) is 13.8. The number of hydrogen-bond acceptors (Lipinski definition) is 3. The minimum atomic E-state index is -0.364. The third kappa shape index (κ3) is 3.26. The molecule has 3 amide bonds. The molecule has 3 fully saturated rings. The van der Waals surface area contributed by atoms with E-state index in [0.29, 0.717) is 32.5 Å². The molecule has 1 atom stereocenters. The molecule has 3 aliphatic heterocycles.